The number of rotatable bonds is 4. The Bertz CT molecular complexity index is 719. The van der Waals surface area contributed by atoms with Gasteiger partial charge in [0.25, 0.3) is 0 Å². The Kier molecular flexibility index (Phi) is 5.15. The lowest BCUT2D eigenvalue weighted by atomic mass is 10.2. The van der Waals surface area contributed by atoms with Crippen LogP contribution in [0.1, 0.15) is 12.0 Å². The molecule has 1 aliphatic heterocycles. The molecule has 124 valence electrons. The lowest BCUT2D eigenvalue weighted by Gasteiger charge is -2.17. The van der Waals surface area contributed by atoms with E-state index in [2.05, 4.69) is 21.2 Å². The van der Waals surface area contributed by atoms with Crippen LogP contribution in [0.2, 0.25) is 0 Å². The number of benzene rings is 2. The fourth-order valence-corrected chi connectivity index (χ4v) is 2.86. The van der Waals surface area contributed by atoms with Gasteiger partial charge in [0.1, 0.15) is 12.6 Å². The third-order valence-corrected chi connectivity index (χ3v) is 4.38. The predicted octanol–water partition coefficient (Wildman–Crippen LogP) is 3.48. The zero-order chi connectivity index (χ0) is 16.9. The number of carbonyl (C=O) groups excluding carboxylic acids is 2. The molecule has 0 saturated carbocycles. The molecule has 1 heterocycles. The molecule has 0 spiro atoms. The second-order valence-electron chi connectivity index (χ2n) is 5.51. The van der Waals surface area contributed by atoms with Crippen LogP contribution < -0.4 is 10.2 Å². The Labute approximate surface area is 148 Å². The third-order valence-electron chi connectivity index (χ3n) is 3.85. The van der Waals surface area contributed by atoms with Gasteiger partial charge in [-0.3, -0.25) is 4.79 Å². The summed E-state index contributed by atoms with van der Waals surface area (Å²) in [6.07, 6.45) is -0.00939. The van der Waals surface area contributed by atoms with Gasteiger partial charge in [-0.15, -0.1) is 0 Å². The average molecular weight is 389 g/mol. The van der Waals surface area contributed by atoms with Crippen LogP contribution in [0.3, 0.4) is 0 Å². The minimum absolute atomic E-state index is 0.117. The van der Waals surface area contributed by atoms with Crippen molar-refractivity contribution in [2.45, 2.75) is 19.1 Å². The zero-order valence-electron chi connectivity index (χ0n) is 12.9. The Morgan fingerprint density at radius 3 is 2.58 bits per heavy atom. The first kappa shape index (κ1) is 16.5. The van der Waals surface area contributed by atoms with E-state index in [9.17, 15) is 9.59 Å². The summed E-state index contributed by atoms with van der Waals surface area (Å²) in [5.74, 6) is -0.117. The maximum absolute atomic E-state index is 12.4. The van der Waals surface area contributed by atoms with Gasteiger partial charge >= 0.3 is 6.09 Å². The van der Waals surface area contributed by atoms with Crippen molar-refractivity contribution >= 4 is 33.6 Å². The van der Waals surface area contributed by atoms with E-state index in [-0.39, 0.29) is 12.5 Å². The molecule has 2 aromatic carbocycles. The molecule has 0 aromatic heterocycles. The Morgan fingerprint density at radius 1 is 1.17 bits per heavy atom. The largest absolute Gasteiger partial charge is 0.445 e. The normalized spacial score (nSPS) is 17.0. The van der Waals surface area contributed by atoms with E-state index in [1.54, 1.807) is 4.90 Å². The second-order valence-corrected chi connectivity index (χ2v) is 6.43. The van der Waals surface area contributed by atoms with Crippen LogP contribution in [0.25, 0.3) is 0 Å². The predicted molar refractivity (Wildman–Crippen MR) is 94.7 cm³/mol. The number of halogens is 1. The molecule has 2 aromatic rings. The number of nitrogens with one attached hydrogen (secondary N) is 1. The number of carbonyl (C=O) groups is 2. The SMILES string of the molecule is O=C(NC1CCN(c2ccc(Br)cc2)C1=O)OCc1ccccc1. The van der Waals surface area contributed by atoms with Gasteiger partial charge in [-0.05, 0) is 36.2 Å². The van der Waals surface area contributed by atoms with E-state index in [0.717, 1.165) is 15.7 Å². The van der Waals surface area contributed by atoms with Gasteiger partial charge in [0.15, 0.2) is 0 Å². The zero-order valence-corrected chi connectivity index (χ0v) is 14.5. The highest BCUT2D eigenvalue weighted by atomic mass is 79.9. The fourth-order valence-electron chi connectivity index (χ4n) is 2.60. The molecule has 0 radical (unpaired) electrons. The number of anilines is 1. The van der Waals surface area contributed by atoms with E-state index < -0.39 is 12.1 Å². The van der Waals surface area contributed by atoms with E-state index in [1.165, 1.54) is 0 Å². The topological polar surface area (TPSA) is 58.6 Å². The van der Waals surface area contributed by atoms with Crippen LogP contribution in [0, 0.1) is 0 Å². The van der Waals surface area contributed by atoms with Crippen molar-refractivity contribution in [3.63, 3.8) is 0 Å². The highest BCUT2D eigenvalue weighted by Gasteiger charge is 2.33. The summed E-state index contributed by atoms with van der Waals surface area (Å²) in [5.41, 5.74) is 1.73. The minimum atomic E-state index is -0.574. The Hall–Kier alpha value is -2.34. The van der Waals surface area contributed by atoms with Crippen LogP contribution in [0.4, 0.5) is 10.5 Å². The van der Waals surface area contributed by atoms with Crippen molar-refractivity contribution in [3.05, 3.63) is 64.6 Å². The maximum Gasteiger partial charge on any atom is 0.408 e. The monoisotopic (exact) mass is 388 g/mol. The molecule has 24 heavy (non-hydrogen) atoms. The second kappa shape index (κ2) is 7.49. The molecule has 1 aliphatic rings. The fraction of sp³-hybridized carbons (Fsp3) is 0.222. The van der Waals surface area contributed by atoms with E-state index in [0.29, 0.717) is 13.0 Å². The van der Waals surface area contributed by atoms with E-state index >= 15 is 0 Å². The average Bonchev–Trinajstić information content (AvgIpc) is 2.95. The van der Waals surface area contributed by atoms with Crippen LogP contribution >= 0.6 is 15.9 Å². The summed E-state index contributed by atoms with van der Waals surface area (Å²) in [5, 5.41) is 2.65. The van der Waals surface area contributed by atoms with Crippen LogP contribution in [0.15, 0.2) is 59.1 Å². The molecular formula is C18H17BrN2O3. The molecule has 1 fully saturated rings. The summed E-state index contributed by atoms with van der Waals surface area (Å²) < 4.78 is 6.12. The smallest absolute Gasteiger partial charge is 0.408 e. The summed E-state index contributed by atoms with van der Waals surface area (Å²) in [4.78, 5) is 26.0. The molecule has 0 bridgehead atoms. The summed E-state index contributed by atoms with van der Waals surface area (Å²) in [6.45, 7) is 0.758. The molecule has 1 N–H and O–H groups in total. The molecule has 1 saturated heterocycles. The number of amides is 2. The molecule has 0 aliphatic carbocycles. The number of nitrogens with zero attached hydrogens (tertiary/aromatic N) is 1. The van der Waals surface area contributed by atoms with Gasteiger partial charge in [0.05, 0.1) is 0 Å². The van der Waals surface area contributed by atoms with Gasteiger partial charge in [-0.2, -0.15) is 0 Å². The first-order valence-corrected chi connectivity index (χ1v) is 8.47. The number of hydrogen-bond donors (Lipinski definition) is 1. The Morgan fingerprint density at radius 2 is 1.88 bits per heavy atom. The van der Waals surface area contributed by atoms with E-state index in [1.807, 2.05) is 54.6 Å². The number of alkyl carbamates (subject to hydrolysis) is 1. The Balaban J connectivity index is 1.53. The highest BCUT2D eigenvalue weighted by Crippen LogP contribution is 2.23. The van der Waals surface area contributed by atoms with Crippen molar-refractivity contribution in [1.29, 1.82) is 0 Å². The summed E-state index contributed by atoms with van der Waals surface area (Å²) >= 11 is 3.37. The number of hydrogen-bond acceptors (Lipinski definition) is 3. The molecule has 5 nitrogen and oxygen atoms in total. The van der Waals surface area contributed by atoms with Crippen LogP contribution in [-0.4, -0.2) is 24.6 Å². The van der Waals surface area contributed by atoms with E-state index in [4.69, 9.17) is 4.74 Å². The lowest BCUT2D eigenvalue weighted by molar-refractivity contribution is -0.118. The molecule has 3 rings (SSSR count). The molecule has 1 unspecified atom stereocenters. The van der Waals surface area contributed by atoms with Crippen molar-refractivity contribution in [2.75, 3.05) is 11.4 Å². The number of ether oxygens (including phenoxy) is 1. The third kappa shape index (κ3) is 3.94. The molecular weight excluding hydrogens is 372 g/mol. The first-order valence-electron chi connectivity index (χ1n) is 7.67. The standard InChI is InChI=1S/C18H17BrN2O3/c19-14-6-8-15(9-7-14)21-11-10-16(17(21)22)20-18(23)24-12-13-4-2-1-3-5-13/h1-9,16H,10-12H2,(H,20,23). The quantitative estimate of drug-likeness (QED) is 0.871. The lowest BCUT2D eigenvalue weighted by Crippen LogP contribution is -2.41. The van der Waals surface area contributed by atoms with Crippen molar-refractivity contribution in [2.24, 2.45) is 0 Å². The van der Waals surface area contributed by atoms with Crippen molar-refractivity contribution < 1.29 is 14.3 Å². The van der Waals surface area contributed by atoms with Gasteiger partial charge in [0.2, 0.25) is 5.91 Å². The van der Waals surface area contributed by atoms with Gasteiger partial charge < -0.3 is 15.0 Å². The minimum Gasteiger partial charge on any atom is -0.445 e. The highest BCUT2D eigenvalue weighted by molar-refractivity contribution is 9.10. The first-order chi connectivity index (χ1) is 11.6. The molecule has 1 atom stereocenters. The maximum atomic E-state index is 12.4. The summed E-state index contributed by atoms with van der Waals surface area (Å²) in [7, 11) is 0. The van der Waals surface area contributed by atoms with Gasteiger partial charge in [-0.25, -0.2) is 4.79 Å². The van der Waals surface area contributed by atoms with Crippen LogP contribution in [-0.2, 0) is 16.1 Å². The van der Waals surface area contributed by atoms with Crippen LogP contribution in [0.5, 0.6) is 0 Å². The van der Waals surface area contributed by atoms with Crippen molar-refractivity contribution in [1.82, 2.24) is 5.32 Å². The molecule has 6 heteroatoms. The van der Waals surface area contributed by atoms with Crippen molar-refractivity contribution in [3.8, 4) is 0 Å². The summed E-state index contributed by atoms with van der Waals surface area (Å²) in [6, 6.07) is 16.4. The molecule has 2 amide bonds. The van der Waals surface area contributed by atoms with Gasteiger partial charge in [-0.1, -0.05) is 46.3 Å². The van der Waals surface area contributed by atoms with Gasteiger partial charge in [0, 0.05) is 16.7 Å².